The molecule has 7 heteroatoms. The molecule has 34 heavy (non-hydrogen) atoms. The number of hydrogen-bond acceptors (Lipinski definition) is 3. The van der Waals surface area contributed by atoms with E-state index in [2.05, 4.69) is 41.5 Å². The van der Waals surface area contributed by atoms with Gasteiger partial charge in [-0.2, -0.15) is 0 Å². The van der Waals surface area contributed by atoms with Gasteiger partial charge in [-0.3, -0.25) is 14.4 Å². The van der Waals surface area contributed by atoms with Crippen LogP contribution in [0.3, 0.4) is 0 Å². The van der Waals surface area contributed by atoms with Crippen molar-refractivity contribution in [1.82, 2.24) is 0 Å². The molecule has 6 nitrogen and oxygen atoms in total. The van der Waals surface area contributed by atoms with Gasteiger partial charge < -0.3 is 15.3 Å². The Hall–Kier alpha value is -0.239. The molecule has 3 N–H and O–H groups in total. The van der Waals surface area contributed by atoms with Gasteiger partial charge in [-0.15, -0.1) is 0 Å². The first-order valence-electron chi connectivity index (χ1n) is 13.1. The maximum absolute atomic E-state index is 10.2. The Morgan fingerprint density at radius 3 is 0.853 bits per heavy atom. The molecule has 0 aromatic heterocycles. The molecule has 0 aromatic rings. The maximum atomic E-state index is 10.2. The van der Waals surface area contributed by atoms with Crippen molar-refractivity contribution in [2.45, 2.75) is 138 Å². The molecule has 0 heterocycles. The van der Waals surface area contributed by atoms with Gasteiger partial charge in [-0.05, 0) is 37.0 Å². The third-order valence-electron chi connectivity index (χ3n) is 5.70. The average Bonchev–Trinajstić information content (AvgIpc) is 2.76. The van der Waals surface area contributed by atoms with Crippen LogP contribution in [0.4, 0.5) is 0 Å². The first kappa shape index (κ1) is 40.9. The Balaban J connectivity index is -0.000000196. The van der Waals surface area contributed by atoms with E-state index in [1.807, 2.05) is 0 Å². The van der Waals surface area contributed by atoms with Crippen LogP contribution in [0, 0.1) is 58.6 Å². The Bertz CT molecular complexity index is 403. The summed E-state index contributed by atoms with van der Waals surface area (Å²) in [6, 6.07) is 0. The van der Waals surface area contributed by atoms with Crippen LogP contribution in [-0.4, -0.2) is 33.2 Å². The second-order valence-corrected chi connectivity index (χ2v) is 9.54. The number of unbranched alkanes of at least 4 members (excludes halogenated alkanes) is 3. The molecule has 0 saturated heterocycles. The van der Waals surface area contributed by atoms with Crippen molar-refractivity contribution < 1.29 is 70.5 Å². The zero-order valence-electron chi connectivity index (χ0n) is 22.9. The second kappa shape index (κ2) is 30.8. The summed E-state index contributed by atoms with van der Waals surface area (Å²) in [5.74, 6) is -0.293. The summed E-state index contributed by atoms with van der Waals surface area (Å²) in [5, 5.41) is 25.2. The van der Waals surface area contributed by atoms with Crippen molar-refractivity contribution >= 4 is 17.9 Å². The predicted octanol–water partition coefficient (Wildman–Crippen LogP) is 8.03. The number of carboxylic acid groups (broad SMARTS) is 3. The van der Waals surface area contributed by atoms with Crippen LogP contribution < -0.4 is 0 Å². The molecule has 0 bridgehead atoms. The molecular weight excluding hydrogens is 565 g/mol. The maximum Gasteiger partial charge on any atom is 0.303 e. The van der Waals surface area contributed by atoms with Crippen molar-refractivity contribution in [3.63, 3.8) is 0 Å². The van der Waals surface area contributed by atoms with Gasteiger partial charge in [0, 0.05) is 60.1 Å². The topological polar surface area (TPSA) is 112 Å². The van der Waals surface area contributed by atoms with E-state index in [9.17, 15) is 14.4 Å². The summed E-state index contributed by atoms with van der Waals surface area (Å²) in [6.45, 7) is 12.8. The van der Waals surface area contributed by atoms with Gasteiger partial charge in [0.25, 0.3) is 0 Å². The van der Waals surface area contributed by atoms with E-state index in [1.54, 1.807) is 0 Å². The van der Waals surface area contributed by atoms with Crippen molar-refractivity contribution in [3.05, 3.63) is 0 Å². The summed E-state index contributed by atoms with van der Waals surface area (Å²) >= 11 is 0. The SMILES string of the molecule is CCCCC(C)CCC(=O)O.CCCCC(C)CCC(=O)O.CCCCC(C)CCC(=O)O.[Nd]. The largest absolute Gasteiger partial charge is 0.481 e. The van der Waals surface area contributed by atoms with Crippen LogP contribution in [0.25, 0.3) is 0 Å². The molecule has 0 aliphatic heterocycles. The molecular formula is C27H54NdO6. The van der Waals surface area contributed by atoms with Crippen molar-refractivity contribution in [3.8, 4) is 0 Å². The van der Waals surface area contributed by atoms with Crippen LogP contribution in [0.2, 0.25) is 0 Å². The Morgan fingerprint density at radius 1 is 0.500 bits per heavy atom. The predicted molar refractivity (Wildman–Crippen MR) is 137 cm³/mol. The monoisotopic (exact) mass is 616 g/mol. The van der Waals surface area contributed by atoms with Crippen molar-refractivity contribution in [2.75, 3.05) is 0 Å². The van der Waals surface area contributed by atoms with Gasteiger partial charge >= 0.3 is 17.9 Å². The molecule has 0 aromatic carbocycles. The normalized spacial score (nSPS) is 12.5. The van der Waals surface area contributed by atoms with Crippen molar-refractivity contribution in [1.29, 1.82) is 0 Å². The van der Waals surface area contributed by atoms with E-state index in [0.717, 1.165) is 19.3 Å². The van der Waals surface area contributed by atoms with Crippen LogP contribution in [0.5, 0.6) is 0 Å². The molecule has 0 saturated carbocycles. The van der Waals surface area contributed by atoms with E-state index < -0.39 is 17.9 Å². The minimum atomic E-state index is -0.673. The Kier molecular flexibility index (Phi) is 37.0. The molecule has 0 fully saturated rings. The first-order chi connectivity index (χ1) is 15.5. The third-order valence-corrected chi connectivity index (χ3v) is 5.70. The number of hydrogen-bond donors (Lipinski definition) is 3. The summed E-state index contributed by atoms with van der Waals surface area (Å²) < 4.78 is 0. The minimum Gasteiger partial charge on any atom is -0.481 e. The van der Waals surface area contributed by atoms with Crippen LogP contribution in [0.1, 0.15) is 138 Å². The smallest absolute Gasteiger partial charge is 0.303 e. The van der Waals surface area contributed by atoms with E-state index in [4.69, 9.17) is 15.3 Å². The number of aliphatic carboxylic acids is 3. The first-order valence-corrected chi connectivity index (χ1v) is 13.1. The second-order valence-electron chi connectivity index (χ2n) is 9.54. The van der Waals surface area contributed by atoms with Gasteiger partial charge in [0.15, 0.2) is 0 Å². The Labute approximate surface area is 242 Å². The Morgan fingerprint density at radius 2 is 0.706 bits per heavy atom. The summed E-state index contributed by atoms with van der Waals surface area (Å²) in [4.78, 5) is 30.5. The standard InChI is InChI=1S/3C9H18O2.Nd/c3*1-3-4-5-8(2)6-7-9(10)11;/h3*8H,3-7H2,1-2H3,(H,10,11);. The third kappa shape index (κ3) is 42.0. The van der Waals surface area contributed by atoms with Gasteiger partial charge in [0.05, 0.1) is 0 Å². The van der Waals surface area contributed by atoms with Crippen molar-refractivity contribution in [2.24, 2.45) is 17.8 Å². The molecule has 3 atom stereocenters. The molecule has 0 aliphatic carbocycles. The van der Waals surface area contributed by atoms with E-state index in [-0.39, 0.29) is 40.8 Å². The number of rotatable bonds is 18. The molecule has 0 radical (unpaired) electrons. The van der Waals surface area contributed by atoms with E-state index >= 15 is 0 Å². The molecule has 0 amide bonds. The molecule has 0 aliphatic rings. The zero-order valence-corrected chi connectivity index (χ0v) is 26.1. The molecule has 202 valence electrons. The molecule has 0 rings (SSSR count). The van der Waals surface area contributed by atoms with Crippen LogP contribution in [0.15, 0.2) is 0 Å². The quantitative estimate of drug-likeness (QED) is 0.143. The van der Waals surface area contributed by atoms with Gasteiger partial charge in [0.2, 0.25) is 0 Å². The number of carboxylic acids is 3. The van der Waals surface area contributed by atoms with Gasteiger partial charge in [0.1, 0.15) is 0 Å². The molecule has 0 spiro atoms. The van der Waals surface area contributed by atoms with Crippen LogP contribution in [-0.2, 0) is 14.4 Å². The zero-order chi connectivity index (χ0) is 26.1. The fourth-order valence-electron chi connectivity index (χ4n) is 3.20. The summed E-state index contributed by atoms with van der Waals surface area (Å²) in [7, 11) is 0. The fraction of sp³-hybridized carbons (Fsp3) is 0.889. The minimum absolute atomic E-state index is 0. The number of carbonyl (C=O) groups is 3. The molecule has 3 unspecified atom stereocenters. The van der Waals surface area contributed by atoms with E-state index in [0.29, 0.717) is 37.0 Å². The average molecular weight is 619 g/mol. The van der Waals surface area contributed by atoms with E-state index in [1.165, 1.54) is 57.8 Å². The van der Waals surface area contributed by atoms with Crippen LogP contribution >= 0.6 is 0 Å². The van der Waals surface area contributed by atoms with Gasteiger partial charge in [-0.25, -0.2) is 0 Å². The van der Waals surface area contributed by atoms with Gasteiger partial charge in [-0.1, -0.05) is 99.3 Å². The fourth-order valence-corrected chi connectivity index (χ4v) is 3.20. The summed E-state index contributed by atoms with van der Waals surface area (Å²) in [5.41, 5.74) is 0. The summed E-state index contributed by atoms with van der Waals surface area (Å²) in [6.07, 6.45) is 14.3.